The van der Waals surface area contributed by atoms with E-state index in [0.29, 0.717) is 38.3 Å². The highest BCUT2D eigenvalue weighted by Crippen LogP contribution is 2.17. The zero-order valence-electron chi connectivity index (χ0n) is 18.9. The van der Waals surface area contributed by atoms with Gasteiger partial charge in [-0.3, -0.25) is 4.79 Å². The first-order valence-corrected chi connectivity index (χ1v) is 12.5. The summed E-state index contributed by atoms with van der Waals surface area (Å²) in [5, 5.41) is 4.81. The molecule has 0 aliphatic rings. The van der Waals surface area contributed by atoms with Crippen molar-refractivity contribution in [2.24, 2.45) is 0 Å². The summed E-state index contributed by atoms with van der Waals surface area (Å²) < 4.78 is 19.4. The Morgan fingerprint density at radius 3 is 2.41 bits per heavy atom. The molecule has 3 aromatic rings. The Kier molecular flexibility index (Phi) is 10.1. The second kappa shape index (κ2) is 13.2. The molecule has 34 heavy (non-hydrogen) atoms. The molecule has 0 bridgehead atoms. The largest absolute Gasteiger partial charge is 0.385 e. The number of anilines is 1. The van der Waals surface area contributed by atoms with Crippen LogP contribution in [0.5, 0.6) is 0 Å². The molecule has 2 aromatic carbocycles. The molecule has 0 radical (unpaired) electrons. The number of halogens is 2. The lowest BCUT2D eigenvalue weighted by molar-refractivity contribution is -0.133. The lowest BCUT2D eigenvalue weighted by Gasteiger charge is -2.28. The van der Waals surface area contributed by atoms with Crippen molar-refractivity contribution in [3.63, 3.8) is 0 Å². The number of carbonyl (C=O) groups excluding carboxylic acids is 2. The zero-order valence-corrected chi connectivity index (χ0v) is 21.3. The summed E-state index contributed by atoms with van der Waals surface area (Å²) >= 11 is 4.94. The number of urea groups is 1. The summed E-state index contributed by atoms with van der Waals surface area (Å²) in [5.41, 5.74) is 1.45. The third kappa shape index (κ3) is 8.23. The van der Waals surface area contributed by atoms with Crippen LogP contribution < -0.4 is 5.32 Å². The third-order valence-electron chi connectivity index (χ3n) is 5.05. The van der Waals surface area contributed by atoms with Crippen LogP contribution in [-0.4, -0.2) is 48.5 Å². The molecule has 1 N–H and O–H groups in total. The topological polar surface area (TPSA) is 61.9 Å². The molecule has 180 valence electrons. The highest BCUT2D eigenvalue weighted by molar-refractivity contribution is 9.10. The molecule has 1 aromatic heterocycles. The molecule has 0 fully saturated rings. The van der Waals surface area contributed by atoms with Crippen LogP contribution in [0.25, 0.3) is 0 Å². The molecule has 0 spiro atoms. The van der Waals surface area contributed by atoms with Crippen molar-refractivity contribution < 1.29 is 18.7 Å². The highest BCUT2D eigenvalue weighted by atomic mass is 79.9. The first-order chi connectivity index (χ1) is 16.4. The van der Waals surface area contributed by atoms with Gasteiger partial charge in [-0.05, 0) is 59.8 Å². The molecule has 0 atom stereocenters. The number of hydrogen-bond acceptors (Lipinski definition) is 4. The maximum absolute atomic E-state index is 13.4. The Balaban J connectivity index is 1.74. The van der Waals surface area contributed by atoms with Gasteiger partial charge in [-0.2, -0.15) is 0 Å². The zero-order chi connectivity index (χ0) is 24.3. The highest BCUT2D eigenvalue weighted by Gasteiger charge is 2.22. The van der Waals surface area contributed by atoms with Gasteiger partial charge in [0, 0.05) is 41.8 Å². The molecule has 1 heterocycles. The van der Waals surface area contributed by atoms with Crippen molar-refractivity contribution >= 4 is 44.9 Å². The predicted molar refractivity (Wildman–Crippen MR) is 136 cm³/mol. The summed E-state index contributed by atoms with van der Waals surface area (Å²) in [6.07, 6.45) is 0.598. The minimum absolute atomic E-state index is 0.0847. The molecule has 0 unspecified atom stereocenters. The van der Waals surface area contributed by atoms with Crippen LogP contribution in [-0.2, 0) is 22.6 Å². The Morgan fingerprint density at radius 1 is 1.03 bits per heavy atom. The van der Waals surface area contributed by atoms with Gasteiger partial charge in [0.25, 0.3) is 0 Å². The maximum atomic E-state index is 13.4. The normalized spacial score (nSPS) is 10.7. The van der Waals surface area contributed by atoms with E-state index in [-0.39, 0.29) is 24.3 Å². The van der Waals surface area contributed by atoms with Crippen molar-refractivity contribution in [2.75, 3.05) is 32.1 Å². The number of ether oxygens (including phenoxy) is 1. The first kappa shape index (κ1) is 25.9. The van der Waals surface area contributed by atoms with Gasteiger partial charge in [0.1, 0.15) is 12.4 Å². The van der Waals surface area contributed by atoms with E-state index in [2.05, 4.69) is 21.2 Å². The third-order valence-corrected chi connectivity index (χ3v) is 6.44. The van der Waals surface area contributed by atoms with Crippen molar-refractivity contribution in [3.8, 4) is 0 Å². The van der Waals surface area contributed by atoms with Gasteiger partial charge in [-0.1, -0.05) is 34.1 Å². The summed E-state index contributed by atoms with van der Waals surface area (Å²) in [6.45, 7) is 1.49. The number of thiophene rings is 1. The summed E-state index contributed by atoms with van der Waals surface area (Å²) in [7, 11) is 1.60. The molecule has 0 aliphatic heterocycles. The molecule has 0 saturated heterocycles. The van der Waals surface area contributed by atoms with E-state index in [4.69, 9.17) is 4.74 Å². The number of nitrogens with one attached hydrogen (secondary N) is 1. The Hall–Kier alpha value is -2.75. The lowest BCUT2D eigenvalue weighted by Crippen LogP contribution is -2.44. The van der Waals surface area contributed by atoms with E-state index in [0.717, 1.165) is 14.9 Å². The van der Waals surface area contributed by atoms with E-state index in [1.165, 1.54) is 17.0 Å². The van der Waals surface area contributed by atoms with E-state index in [9.17, 15) is 14.0 Å². The molecule has 3 rings (SSSR count). The van der Waals surface area contributed by atoms with E-state index in [1.807, 2.05) is 29.6 Å². The molecular formula is C25H27BrFN3O3S. The summed E-state index contributed by atoms with van der Waals surface area (Å²) in [5.74, 6) is -0.519. The fourth-order valence-corrected chi connectivity index (χ4v) is 4.27. The fourth-order valence-electron chi connectivity index (χ4n) is 3.28. The molecule has 6 nitrogen and oxygen atoms in total. The molecule has 0 saturated carbocycles. The van der Waals surface area contributed by atoms with Crippen LogP contribution in [0.15, 0.2) is 70.5 Å². The Labute approximate surface area is 211 Å². The number of methoxy groups -OCH3 is 1. The van der Waals surface area contributed by atoms with Gasteiger partial charge in [0.2, 0.25) is 5.91 Å². The van der Waals surface area contributed by atoms with Crippen LogP contribution in [0.1, 0.15) is 16.9 Å². The number of benzene rings is 2. The molecular weight excluding hydrogens is 521 g/mol. The smallest absolute Gasteiger partial charge is 0.322 e. The van der Waals surface area contributed by atoms with Crippen molar-refractivity contribution in [2.45, 2.75) is 19.5 Å². The van der Waals surface area contributed by atoms with Crippen LogP contribution >= 0.6 is 27.3 Å². The average Bonchev–Trinajstić information content (AvgIpc) is 3.34. The van der Waals surface area contributed by atoms with Gasteiger partial charge in [-0.25, -0.2) is 9.18 Å². The van der Waals surface area contributed by atoms with Crippen molar-refractivity contribution in [1.82, 2.24) is 9.80 Å². The fraction of sp³-hybridized carbons (Fsp3) is 0.280. The van der Waals surface area contributed by atoms with E-state index in [1.54, 1.807) is 47.6 Å². The number of hydrogen-bond donors (Lipinski definition) is 1. The van der Waals surface area contributed by atoms with Crippen LogP contribution in [0.4, 0.5) is 14.9 Å². The van der Waals surface area contributed by atoms with Gasteiger partial charge in [-0.15, -0.1) is 11.3 Å². The molecule has 3 amide bonds. The van der Waals surface area contributed by atoms with Gasteiger partial charge < -0.3 is 19.9 Å². The van der Waals surface area contributed by atoms with Crippen LogP contribution in [0, 0.1) is 5.82 Å². The standard InChI is InChI=1S/C25H27BrFN3O3S/c1-33-14-3-13-29(25(32)28-22-11-7-20(26)8-12-22)18-24(31)30(17-23-4-2-15-34-23)16-19-5-9-21(27)10-6-19/h2,4-12,15H,3,13-14,16-18H2,1H3,(H,28,32). The second-order valence-electron chi connectivity index (χ2n) is 7.66. The van der Waals surface area contributed by atoms with Gasteiger partial charge in [0.15, 0.2) is 0 Å². The lowest BCUT2D eigenvalue weighted by atomic mass is 10.2. The Bertz CT molecular complexity index is 1050. The van der Waals surface area contributed by atoms with Gasteiger partial charge >= 0.3 is 6.03 Å². The van der Waals surface area contributed by atoms with Crippen molar-refractivity contribution in [3.05, 3.63) is 86.8 Å². The maximum Gasteiger partial charge on any atom is 0.322 e. The van der Waals surface area contributed by atoms with Crippen LogP contribution in [0.2, 0.25) is 0 Å². The number of nitrogens with zero attached hydrogens (tertiary/aromatic N) is 2. The average molecular weight is 548 g/mol. The Morgan fingerprint density at radius 2 is 1.76 bits per heavy atom. The first-order valence-electron chi connectivity index (χ1n) is 10.8. The molecule has 9 heteroatoms. The van der Waals surface area contributed by atoms with E-state index >= 15 is 0 Å². The SMILES string of the molecule is COCCCN(CC(=O)N(Cc1ccc(F)cc1)Cc1cccs1)C(=O)Nc1ccc(Br)cc1. The van der Waals surface area contributed by atoms with Crippen molar-refractivity contribution in [1.29, 1.82) is 0 Å². The van der Waals surface area contributed by atoms with Crippen LogP contribution in [0.3, 0.4) is 0 Å². The molecule has 0 aliphatic carbocycles. The predicted octanol–water partition coefficient (Wildman–Crippen LogP) is 5.75. The summed E-state index contributed by atoms with van der Waals surface area (Å²) in [6, 6.07) is 16.9. The second-order valence-corrected chi connectivity index (χ2v) is 9.61. The quantitative estimate of drug-likeness (QED) is 0.311. The number of carbonyl (C=O) groups is 2. The minimum atomic E-state index is -0.357. The monoisotopic (exact) mass is 547 g/mol. The summed E-state index contributed by atoms with van der Waals surface area (Å²) in [4.78, 5) is 30.6. The van der Waals surface area contributed by atoms with Gasteiger partial charge in [0.05, 0.1) is 6.54 Å². The number of rotatable bonds is 11. The van der Waals surface area contributed by atoms with E-state index < -0.39 is 0 Å². The number of amides is 3. The minimum Gasteiger partial charge on any atom is -0.385 e.